The third kappa shape index (κ3) is 3.29. The van der Waals surface area contributed by atoms with E-state index >= 15 is 0 Å². The van der Waals surface area contributed by atoms with Crippen molar-refractivity contribution >= 4 is 50.7 Å². The summed E-state index contributed by atoms with van der Waals surface area (Å²) in [5.74, 6) is -0.00718. The summed E-state index contributed by atoms with van der Waals surface area (Å²) in [6, 6.07) is 4.92. The maximum Gasteiger partial charge on any atom is 0.287 e. The van der Waals surface area contributed by atoms with Gasteiger partial charge in [0.2, 0.25) is 0 Å². The molecule has 5 nitrogen and oxygen atoms in total. The van der Waals surface area contributed by atoms with E-state index in [1.165, 1.54) is 0 Å². The first-order valence-corrected chi connectivity index (χ1v) is 7.94. The van der Waals surface area contributed by atoms with Crippen LogP contribution in [0.5, 0.6) is 0 Å². The molecule has 0 aliphatic heterocycles. The van der Waals surface area contributed by atoms with Crippen LogP contribution in [0.3, 0.4) is 0 Å². The molecule has 22 heavy (non-hydrogen) atoms. The SMILES string of the molecule is O=C(NCCc1cn2cc(Cl)cc(Cl)c2n1)c1ccc(Br)o1. The van der Waals surface area contributed by atoms with Gasteiger partial charge in [-0.1, -0.05) is 23.2 Å². The highest BCUT2D eigenvalue weighted by Gasteiger charge is 2.11. The first-order chi connectivity index (χ1) is 10.5. The van der Waals surface area contributed by atoms with E-state index in [1.54, 1.807) is 28.8 Å². The van der Waals surface area contributed by atoms with Gasteiger partial charge in [-0.15, -0.1) is 0 Å². The Morgan fingerprint density at radius 3 is 2.91 bits per heavy atom. The van der Waals surface area contributed by atoms with Gasteiger partial charge in [-0.2, -0.15) is 0 Å². The van der Waals surface area contributed by atoms with Crippen molar-refractivity contribution in [1.29, 1.82) is 0 Å². The molecule has 0 atom stereocenters. The summed E-state index contributed by atoms with van der Waals surface area (Å²) in [6.07, 6.45) is 4.14. The minimum Gasteiger partial charge on any atom is -0.444 e. The number of aromatic nitrogens is 2. The van der Waals surface area contributed by atoms with Crippen molar-refractivity contribution in [2.75, 3.05) is 6.54 Å². The Morgan fingerprint density at radius 1 is 1.36 bits per heavy atom. The van der Waals surface area contributed by atoms with Crippen LogP contribution in [-0.4, -0.2) is 21.8 Å². The number of carbonyl (C=O) groups excluding carboxylic acids is 1. The Morgan fingerprint density at radius 2 is 2.18 bits per heavy atom. The Bertz CT molecular complexity index is 844. The van der Waals surface area contributed by atoms with Crippen molar-refractivity contribution in [3.8, 4) is 0 Å². The largest absolute Gasteiger partial charge is 0.444 e. The molecule has 3 rings (SSSR count). The van der Waals surface area contributed by atoms with Crippen molar-refractivity contribution in [3.05, 3.63) is 56.8 Å². The maximum absolute atomic E-state index is 11.8. The summed E-state index contributed by atoms with van der Waals surface area (Å²) < 4.78 is 7.47. The molecule has 0 unspecified atom stereocenters. The van der Waals surface area contributed by atoms with E-state index in [1.807, 2.05) is 6.20 Å². The fourth-order valence-corrected chi connectivity index (χ4v) is 2.86. The Labute approximate surface area is 144 Å². The predicted octanol–water partition coefficient (Wildman–Crippen LogP) is 3.97. The molecular formula is C14H10BrCl2N3O2. The van der Waals surface area contributed by atoms with Crippen molar-refractivity contribution in [2.24, 2.45) is 0 Å². The van der Waals surface area contributed by atoms with E-state index in [0.29, 0.717) is 33.3 Å². The van der Waals surface area contributed by atoms with Crippen LogP contribution in [0.25, 0.3) is 5.65 Å². The first kappa shape index (κ1) is 15.4. The van der Waals surface area contributed by atoms with Gasteiger partial charge in [0.25, 0.3) is 5.91 Å². The average molecular weight is 403 g/mol. The van der Waals surface area contributed by atoms with Gasteiger partial charge in [0, 0.05) is 25.4 Å². The van der Waals surface area contributed by atoms with Crippen LogP contribution in [0.15, 0.2) is 39.7 Å². The summed E-state index contributed by atoms with van der Waals surface area (Å²) in [6.45, 7) is 0.437. The van der Waals surface area contributed by atoms with Gasteiger partial charge < -0.3 is 14.1 Å². The fraction of sp³-hybridized carbons (Fsp3) is 0.143. The third-order valence-electron chi connectivity index (χ3n) is 2.99. The summed E-state index contributed by atoms with van der Waals surface area (Å²) in [5.41, 5.74) is 1.45. The highest BCUT2D eigenvalue weighted by atomic mass is 79.9. The molecule has 3 aromatic rings. The van der Waals surface area contributed by atoms with Gasteiger partial charge in [-0.3, -0.25) is 4.79 Å². The third-order valence-corrected chi connectivity index (χ3v) is 3.90. The number of halogens is 3. The van der Waals surface area contributed by atoms with Gasteiger partial charge in [0.05, 0.1) is 15.7 Å². The Balaban J connectivity index is 1.64. The monoisotopic (exact) mass is 401 g/mol. The van der Waals surface area contributed by atoms with Crippen LogP contribution < -0.4 is 5.32 Å². The number of nitrogens with one attached hydrogen (secondary N) is 1. The van der Waals surface area contributed by atoms with Crippen LogP contribution >= 0.6 is 39.1 Å². The van der Waals surface area contributed by atoms with Crippen LogP contribution in [0.4, 0.5) is 0 Å². The topological polar surface area (TPSA) is 59.5 Å². The highest BCUT2D eigenvalue weighted by Crippen LogP contribution is 2.21. The number of imidazole rings is 1. The smallest absolute Gasteiger partial charge is 0.287 e. The van der Waals surface area contributed by atoms with E-state index in [9.17, 15) is 4.79 Å². The molecule has 0 saturated heterocycles. The molecule has 0 aliphatic rings. The van der Waals surface area contributed by atoms with Crippen molar-refractivity contribution < 1.29 is 9.21 Å². The van der Waals surface area contributed by atoms with Crippen LogP contribution in [0.2, 0.25) is 10.0 Å². The number of rotatable bonds is 4. The van der Waals surface area contributed by atoms with Crippen LogP contribution in [0.1, 0.15) is 16.2 Å². The quantitative estimate of drug-likeness (QED) is 0.718. The van der Waals surface area contributed by atoms with Crippen molar-refractivity contribution in [2.45, 2.75) is 6.42 Å². The number of nitrogens with zero attached hydrogens (tertiary/aromatic N) is 2. The van der Waals surface area contributed by atoms with E-state index in [4.69, 9.17) is 27.6 Å². The zero-order valence-electron chi connectivity index (χ0n) is 11.1. The lowest BCUT2D eigenvalue weighted by Crippen LogP contribution is -2.25. The lowest BCUT2D eigenvalue weighted by atomic mass is 10.3. The molecule has 1 amide bonds. The van der Waals surface area contributed by atoms with E-state index in [0.717, 1.165) is 5.69 Å². The molecule has 3 heterocycles. The minimum atomic E-state index is -0.268. The summed E-state index contributed by atoms with van der Waals surface area (Å²) in [7, 11) is 0. The molecule has 0 saturated carbocycles. The molecule has 3 aromatic heterocycles. The Kier molecular flexibility index (Phi) is 4.42. The lowest BCUT2D eigenvalue weighted by Gasteiger charge is -2.00. The second-order valence-corrected chi connectivity index (χ2v) is 6.20. The van der Waals surface area contributed by atoms with E-state index in [-0.39, 0.29) is 11.7 Å². The molecule has 1 N–H and O–H groups in total. The number of carbonyl (C=O) groups is 1. The summed E-state index contributed by atoms with van der Waals surface area (Å²) in [4.78, 5) is 16.2. The summed E-state index contributed by atoms with van der Waals surface area (Å²) in [5, 5.41) is 3.80. The number of amides is 1. The second-order valence-electron chi connectivity index (χ2n) is 4.58. The molecule has 0 bridgehead atoms. The zero-order valence-corrected chi connectivity index (χ0v) is 14.2. The number of pyridine rings is 1. The standard InChI is InChI=1S/C14H10BrCl2N3O2/c15-12-2-1-11(22-12)14(21)18-4-3-9-7-20-6-8(16)5-10(17)13(20)19-9/h1-2,5-7H,3-4H2,(H,18,21). The molecule has 114 valence electrons. The van der Waals surface area contributed by atoms with Gasteiger partial charge in [0.1, 0.15) is 0 Å². The number of hydrogen-bond acceptors (Lipinski definition) is 3. The number of fused-ring (bicyclic) bond motifs is 1. The van der Waals surface area contributed by atoms with E-state index < -0.39 is 0 Å². The minimum absolute atomic E-state index is 0.261. The fourth-order valence-electron chi connectivity index (χ4n) is 2.02. The zero-order chi connectivity index (χ0) is 15.7. The van der Waals surface area contributed by atoms with Gasteiger partial charge in [-0.25, -0.2) is 4.98 Å². The molecule has 8 heteroatoms. The Hall–Kier alpha value is -1.50. The number of hydrogen-bond donors (Lipinski definition) is 1. The maximum atomic E-state index is 11.8. The van der Waals surface area contributed by atoms with Crippen LogP contribution in [-0.2, 0) is 6.42 Å². The van der Waals surface area contributed by atoms with Crippen molar-refractivity contribution in [1.82, 2.24) is 14.7 Å². The molecule has 0 fully saturated rings. The van der Waals surface area contributed by atoms with Crippen LogP contribution in [0, 0.1) is 0 Å². The normalized spacial score (nSPS) is 11.0. The molecular weight excluding hydrogens is 393 g/mol. The lowest BCUT2D eigenvalue weighted by molar-refractivity contribution is 0.0925. The van der Waals surface area contributed by atoms with Gasteiger partial charge in [0.15, 0.2) is 16.1 Å². The number of furan rings is 1. The van der Waals surface area contributed by atoms with Gasteiger partial charge >= 0.3 is 0 Å². The first-order valence-electron chi connectivity index (χ1n) is 6.39. The molecule has 0 aromatic carbocycles. The average Bonchev–Trinajstić information content (AvgIpc) is 3.05. The molecule has 0 radical (unpaired) electrons. The predicted molar refractivity (Wildman–Crippen MR) is 87.7 cm³/mol. The van der Waals surface area contributed by atoms with E-state index in [2.05, 4.69) is 26.2 Å². The summed E-state index contributed by atoms with van der Waals surface area (Å²) >= 11 is 15.2. The van der Waals surface area contributed by atoms with Crippen molar-refractivity contribution in [3.63, 3.8) is 0 Å². The molecule has 0 aliphatic carbocycles. The highest BCUT2D eigenvalue weighted by molar-refractivity contribution is 9.10. The molecule has 0 spiro atoms. The second kappa shape index (κ2) is 6.32. The van der Waals surface area contributed by atoms with Gasteiger partial charge in [-0.05, 0) is 34.1 Å².